The van der Waals surface area contributed by atoms with Crippen LogP contribution in [0.25, 0.3) is 0 Å². The molecule has 0 bridgehead atoms. The Kier molecular flexibility index (Phi) is 4.14. The highest BCUT2D eigenvalue weighted by Crippen LogP contribution is 2.40. The van der Waals surface area contributed by atoms with E-state index in [0.717, 1.165) is 17.0 Å². The van der Waals surface area contributed by atoms with Crippen LogP contribution in [0.5, 0.6) is 0 Å². The Balaban J connectivity index is 2.37. The van der Waals surface area contributed by atoms with Gasteiger partial charge < -0.3 is 10.0 Å². The first kappa shape index (κ1) is 16.5. The van der Waals surface area contributed by atoms with Gasteiger partial charge in [-0.05, 0) is 12.1 Å². The zero-order valence-electron chi connectivity index (χ0n) is 11.4. The van der Waals surface area contributed by atoms with Crippen LogP contribution in [0.15, 0.2) is 18.2 Å². The molecule has 0 amide bonds. The predicted molar refractivity (Wildman–Crippen MR) is 70.7 cm³/mol. The maximum absolute atomic E-state index is 12.9. The largest absolute Gasteiger partial charge is 0.481 e. The van der Waals surface area contributed by atoms with Crippen LogP contribution in [0.3, 0.4) is 0 Å². The molecule has 2 atom stereocenters. The minimum Gasteiger partial charge on any atom is -0.481 e. The fourth-order valence-corrected chi connectivity index (χ4v) is 2.56. The minimum absolute atomic E-state index is 0.0775. The Morgan fingerprint density at radius 2 is 2.09 bits per heavy atom. The lowest BCUT2D eigenvalue weighted by molar-refractivity contribution is -0.385. The Morgan fingerprint density at radius 1 is 1.43 bits per heavy atom. The highest BCUT2D eigenvalue weighted by Gasteiger charge is 2.52. The van der Waals surface area contributed by atoms with Crippen LogP contribution < -0.4 is 4.90 Å². The molecule has 0 unspecified atom stereocenters. The maximum Gasteiger partial charge on any atom is 0.394 e. The van der Waals surface area contributed by atoms with E-state index in [9.17, 15) is 28.1 Å². The van der Waals surface area contributed by atoms with Gasteiger partial charge in [0.05, 0.1) is 16.8 Å². The number of hydrogen-bond acceptors (Lipinski definition) is 5. The van der Waals surface area contributed by atoms with Gasteiger partial charge in [0.2, 0.25) is 0 Å². The highest BCUT2D eigenvalue weighted by molar-refractivity contribution is 5.73. The van der Waals surface area contributed by atoms with Crippen molar-refractivity contribution in [1.82, 2.24) is 0 Å². The summed E-state index contributed by atoms with van der Waals surface area (Å²) < 4.78 is 38.8. The second-order valence-corrected chi connectivity index (χ2v) is 5.07. The number of hydrogen-bond donors (Lipinski definition) is 1. The summed E-state index contributed by atoms with van der Waals surface area (Å²) in [6.45, 7) is -1.02. The summed E-state index contributed by atoms with van der Waals surface area (Å²) >= 11 is 0. The van der Waals surface area contributed by atoms with Crippen LogP contribution in [-0.4, -0.2) is 35.3 Å². The Hall–Kier alpha value is -2.83. The van der Waals surface area contributed by atoms with Gasteiger partial charge in [-0.2, -0.15) is 18.4 Å². The van der Waals surface area contributed by atoms with Gasteiger partial charge in [-0.25, -0.2) is 0 Å². The molecule has 0 aromatic heterocycles. The zero-order valence-corrected chi connectivity index (χ0v) is 11.4. The molecule has 1 N–H and O–H groups in total. The summed E-state index contributed by atoms with van der Waals surface area (Å²) in [6.07, 6.45) is -4.68. The first-order chi connectivity index (χ1) is 10.6. The number of nitrogens with zero attached hydrogens (tertiary/aromatic N) is 3. The number of benzene rings is 1. The summed E-state index contributed by atoms with van der Waals surface area (Å²) in [5, 5.41) is 28.7. The van der Waals surface area contributed by atoms with Crippen molar-refractivity contribution >= 4 is 17.3 Å². The molecule has 0 saturated carbocycles. The van der Waals surface area contributed by atoms with Gasteiger partial charge in [0.1, 0.15) is 11.6 Å². The van der Waals surface area contributed by atoms with Crippen LogP contribution in [0.1, 0.15) is 5.56 Å². The third kappa shape index (κ3) is 3.18. The fraction of sp³-hybridized carbons (Fsp3) is 0.385. The number of carbonyl (C=O) groups is 1. The first-order valence-corrected chi connectivity index (χ1v) is 6.38. The average Bonchev–Trinajstić information content (AvgIpc) is 2.92. The normalized spacial score (nSPS) is 21.0. The summed E-state index contributed by atoms with van der Waals surface area (Å²) in [6, 6.07) is 5.00. The van der Waals surface area contributed by atoms with Crippen LogP contribution in [0.4, 0.5) is 24.5 Å². The molecule has 1 aliphatic rings. The molecule has 0 aliphatic carbocycles. The third-order valence-electron chi connectivity index (χ3n) is 3.72. The van der Waals surface area contributed by atoms with Gasteiger partial charge >= 0.3 is 12.1 Å². The lowest BCUT2D eigenvalue weighted by atomic mass is 9.96. The van der Waals surface area contributed by atoms with E-state index in [4.69, 9.17) is 10.4 Å². The second-order valence-electron chi connectivity index (χ2n) is 5.07. The molecule has 0 radical (unpaired) electrons. The van der Waals surface area contributed by atoms with Crippen molar-refractivity contribution in [3.05, 3.63) is 33.9 Å². The van der Waals surface area contributed by atoms with Gasteiger partial charge in [0, 0.05) is 24.8 Å². The van der Waals surface area contributed by atoms with E-state index < -0.39 is 47.7 Å². The number of alkyl halides is 3. The fourth-order valence-electron chi connectivity index (χ4n) is 2.56. The minimum atomic E-state index is -4.68. The monoisotopic (exact) mass is 329 g/mol. The van der Waals surface area contributed by atoms with Crippen molar-refractivity contribution in [3.8, 4) is 6.07 Å². The van der Waals surface area contributed by atoms with Crippen LogP contribution >= 0.6 is 0 Å². The zero-order chi connectivity index (χ0) is 17.4. The number of rotatable bonds is 3. The van der Waals surface area contributed by atoms with E-state index in [1.165, 1.54) is 6.07 Å². The number of nitro groups is 1. The van der Waals surface area contributed by atoms with E-state index in [2.05, 4.69) is 0 Å². The average molecular weight is 329 g/mol. The van der Waals surface area contributed by atoms with Crippen molar-refractivity contribution in [3.63, 3.8) is 0 Å². The molecule has 10 heteroatoms. The number of aliphatic carboxylic acids is 1. The summed E-state index contributed by atoms with van der Waals surface area (Å²) in [7, 11) is 0. The molecule has 7 nitrogen and oxygen atoms in total. The molecule has 1 aromatic carbocycles. The molecular weight excluding hydrogens is 319 g/mol. The molecule has 23 heavy (non-hydrogen) atoms. The van der Waals surface area contributed by atoms with Crippen LogP contribution in [0.2, 0.25) is 0 Å². The number of nitriles is 1. The molecule has 1 aromatic rings. The summed E-state index contributed by atoms with van der Waals surface area (Å²) in [5.41, 5.74) is -0.680. The third-order valence-corrected chi connectivity index (χ3v) is 3.72. The van der Waals surface area contributed by atoms with Crippen LogP contribution in [-0.2, 0) is 4.79 Å². The van der Waals surface area contributed by atoms with E-state index in [1.807, 2.05) is 0 Å². The summed E-state index contributed by atoms with van der Waals surface area (Å²) in [5.74, 6) is -5.28. The van der Waals surface area contributed by atoms with Crippen molar-refractivity contribution in [1.29, 1.82) is 5.26 Å². The molecular formula is C13H10F3N3O4. The van der Waals surface area contributed by atoms with Crippen LogP contribution in [0, 0.1) is 33.3 Å². The quantitative estimate of drug-likeness (QED) is 0.672. The number of anilines is 1. The van der Waals surface area contributed by atoms with Gasteiger partial charge in [-0.15, -0.1) is 0 Å². The lowest BCUT2D eigenvalue weighted by Crippen LogP contribution is -2.33. The van der Waals surface area contributed by atoms with Gasteiger partial charge in [-0.1, -0.05) is 0 Å². The number of carboxylic acids is 1. The SMILES string of the molecule is N#Cc1ccc(N2C[C@@H](C(F)(F)F)[C@H](C(=O)O)C2)cc1[N+](=O)[O-]. The molecule has 1 heterocycles. The first-order valence-electron chi connectivity index (χ1n) is 6.38. The standard InChI is InChI=1S/C13H10F3N3O4/c14-13(15,16)10-6-18(5-9(10)12(20)21)8-2-1-7(4-17)11(3-8)19(22)23/h1-3,9-10H,5-6H2,(H,20,21)/t9-,10-/m1/s1. The second kappa shape index (κ2) is 5.75. The van der Waals surface area contributed by atoms with E-state index in [0.29, 0.717) is 0 Å². The molecule has 1 aliphatic heterocycles. The van der Waals surface area contributed by atoms with E-state index in [1.54, 1.807) is 6.07 Å². The molecule has 122 valence electrons. The lowest BCUT2D eigenvalue weighted by Gasteiger charge is -2.19. The van der Waals surface area contributed by atoms with Crippen molar-refractivity contribution < 1.29 is 28.0 Å². The van der Waals surface area contributed by atoms with E-state index in [-0.39, 0.29) is 11.3 Å². The van der Waals surface area contributed by atoms with Crippen molar-refractivity contribution in [2.45, 2.75) is 6.18 Å². The summed E-state index contributed by atoms with van der Waals surface area (Å²) in [4.78, 5) is 22.3. The Bertz CT molecular complexity index is 699. The number of carboxylic acid groups (broad SMARTS) is 1. The Labute approximate surface area is 127 Å². The Morgan fingerprint density at radius 3 is 2.52 bits per heavy atom. The topological polar surface area (TPSA) is 107 Å². The number of halogens is 3. The molecule has 0 spiro atoms. The van der Waals surface area contributed by atoms with E-state index >= 15 is 0 Å². The van der Waals surface area contributed by atoms with Gasteiger partial charge in [0.25, 0.3) is 5.69 Å². The molecule has 1 saturated heterocycles. The van der Waals surface area contributed by atoms with Gasteiger partial charge in [-0.3, -0.25) is 14.9 Å². The highest BCUT2D eigenvalue weighted by atomic mass is 19.4. The van der Waals surface area contributed by atoms with Crippen molar-refractivity contribution in [2.24, 2.45) is 11.8 Å². The molecule has 1 fully saturated rings. The predicted octanol–water partition coefficient (Wildman–Crippen LogP) is 2.17. The van der Waals surface area contributed by atoms with Crippen molar-refractivity contribution in [2.75, 3.05) is 18.0 Å². The smallest absolute Gasteiger partial charge is 0.394 e. The maximum atomic E-state index is 12.9. The van der Waals surface area contributed by atoms with Gasteiger partial charge in [0.15, 0.2) is 0 Å². The molecule has 2 rings (SSSR count). The number of nitro benzene ring substituents is 1.